The number of methoxy groups -OCH3 is 1. The molecule has 0 spiro atoms. The number of nitrogens with one attached hydrogen (secondary N) is 1. The van der Waals surface area contributed by atoms with Gasteiger partial charge in [-0.1, -0.05) is 0 Å². The summed E-state index contributed by atoms with van der Waals surface area (Å²) in [7, 11) is 1.44. The fourth-order valence-corrected chi connectivity index (χ4v) is 1.45. The molecule has 1 heterocycles. The molecule has 100 valence electrons. The fourth-order valence-electron chi connectivity index (χ4n) is 1.45. The Morgan fingerprint density at radius 2 is 2.22 bits per heavy atom. The van der Waals surface area contributed by atoms with E-state index in [1.807, 2.05) is 13.8 Å². The number of nitro groups is 1. The summed E-state index contributed by atoms with van der Waals surface area (Å²) in [6.45, 7) is 3.64. The van der Waals surface area contributed by atoms with Gasteiger partial charge in [-0.05, 0) is 20.3 Å². The van der Waals surface area contributed by atoms with E-state index in [1.165, 1.54) is 19.2 Å². The lowest BCUT2D eigenvalue weighted by Crippen LogP contribution is -2.32. The van der Waals surface area contributed by atoms with Gasteiger partial charge in [0, 0.05) is 24.3 Å². The molecule has 0 bridgehead atoms. The monoisotopic (exact) mass is 255 g/mol. The zero-order valence-electron chi connectivity index (χ0n) is 10.6. The molecule has 1 aromatic rings. The average molecular weight is 255 g/mol. The highest BCUT2D eigenvalue weighted by atomic mass is 16.6. The number of pyridine rings is 1. The maximum Gasteiger partial charge on any atom is 0.311 e. The summed E-state index contributed by atoms with van der Waals surface area (Å²) in [4.78, 5) is 14.4. The lowest BCUT2D eigenvalue weighted by Gasteiger charge is -2.25. The van der Waals surface area contributed by atoms with Crippen LogP contribution in [0.5, 0.6) is 5.88 Å². The van der Waals surface area contributed by atoms with Crippen molar-refractivity contribution in [3.8, 4) is 5.88 Å². The van der Waals surface area contributed by atoms with Crippen molar-refractivity contribution in [1.29, 1.82) is 0 Å². The van der Waals surface area contributed by atoms with Crippen LogP contribution in [-0.4, -0.2) is 34.3 Å². The van der Waals surface area contributed by atoms with Gasteiger partial charge in [-0.15, -0.1) is 0 Å². The number of ether oxygens (including phenoxy) is 1. The van der Waals surface area contributed by atoms with E-state index in [-0.39, 0.29) is 18.1 Å². The van der Waals surface area contributed by atoms with E-state index >= 15 is 0 Å². The molecule has 0 atom stereocenters. The smallest absolute Gasteiger partial charge is 0.311 e. The summed E-state index contributed by atoms with van der Waals surface area (Å²) in [5.41, 5.74) is -0.624. The molecule has 0 aromatic carbocycles. The van der Waals surface area contributed by atoms with Crippen molar-refractivity contribution in [3.63, 3.8) is 0 Å². The minimum Gasteiger partial charge on any atom is -0.481 e. The first-order valence-electron chi connectivity index (χ1n) is 5.48. The van der Waals surface area contributed by atoms with Gasteiger partial charge in [-0.3, -0.25) is 10.1 Å². The first-order valence-corrected chi connectivity index (χ1v) is 5.48. The van der Waals surface area contributed by atoms with Gasteiger partial charge in [0.05, 0.1) is 12.0 Å². The van der Waals surface area contributed by atoms with Crippen molar-refractivity contribution < 1.29 is 14.8 Å². The number of nitrogens with zero attached hydrogens (tertiary/aromatic N) is 2. The molecule has 0 saturated carbocycles. The van der Waals surface area contributed by atoms with Crippen molar-refractivity contribution in [3.05, 3.63) is 22.2 Å². The lowest BCUT2D eigenvalue weighted by molar-refractivity contribution is -0.384. The van der Waals surface area contributed by atoms with E-state index in [0.717, 1.165) is 0 Å². The number of hydrogen-bond acceptors (Lipinski definition) is 6. The minimum absolute atomic E-state index is 0.0161. The number of aliphatic hydroxyl groups is 1. The summed E-state index contributed by atoms with van der Waals surface area (Å²) >= 11 is 0. The summed E-state index contributed by atoms with van der Waals surface area (Å²) in [5, 5.41) is 22.8. The normalized spacial score (nSPS) is 11.1. The van der Waals surface area contributed by atoms with Crippen molar-refractivity contribution in [2.75, 3.05) is 19.0 Å². The highest BCUT2D eigenvalue weighted by molar-refractivity contribution is 5.58. The number of rotatable bonds is 6. The van der Waals surface area contributed by atoms with Crippen LogP contribution in [0, 0.1) is 10.1 Å². The quantitative estimate of drug-likeness (QED) is 0.591. The highest BCUT2D eigenvalue weighted by Crippen LogP contribution is 2.28. The third-order valence-corrected chi connectivity index (χ3v) is 2.45. The van der Waals surface area contributed by atoms with Gasteiger partial charge in [0.2, 0.25) is 11.7 Å². The van der Waals surface area contributed by atoms with Crippen LogP contribution in [0.4, 0.5) is 11.5 Å². The first-order chi connectivity index (χ1) is 8.39. The predicted octanol–water partition coefficient (Wildman–Crippen LogP) is 1.57. The zero-order chi connectivity index (χ0) is 13.8. The van der Waals surface area contributed by atoms with Gasteiger partial charge in [0.25, 0.3) is 0 Å². The topological polar surface area (TPSA) is 97.5 Å². The van der Waals surface area contributed by atoms with Gasteiger partial charge in [0.15, 0.2) is 0 Å². The number of anilines is 1. The zero-order valence-corrected chi connectivity index (χ0v) is 10.6. The molecule has 0 fully saturated rings. The van der Waals surface area contributed by atoms with Crippen LogP contribution < -0.4 is 10.1 Å². The van der Waals surface area contributed by atoms with Crippen LogP contribution in [0.3, 0.4) is 0 Å². The Kier molecular flexibility index (Phi) is 4.43. The first kappa shape index (κ1) is 14.2. The molecule has 18 heavy (non-hydrogen) atoms. The molecule has 2 N–H and O–H groups in total. The largest absolute Gasteiger partial charge is 0.481 e. The van der Waals surface area contributed by atoms with Gasteiger partial charge in [0.1, 0.15) is 0 Å². The maximum absolute atomic E-state index is 10.9. The SMILES string of the molecule is COc1ccc([N+](=O)[O-])c(NC(C)(C)CCO)n1. The van der Waals surface area contributed by atoms with Crippen molar-refractivity contribution >= 4 is 11.5 Å². The van der Waals surface area contributed by atoms with Crippen LogP contribution >= 0.6 is 0 Å². The van der Waals surface area contributed by atoms with Crippen LogP contribution in [0.15, 0.2) is 12.1 Å². The molecule has 0 aliphatic heterocycles. The predicted molar refractivity (Wildman–Crippen MR) is 66.8 cm³/mol. The Hall–Kier alpha value is -1.89. The summed E-state index contributed by atoms with van der Waals surface area (Å²) in [6, 6.07) is 2.77. The number of aromatic nitrogens is 1. The van der Waals surface area contributed by atoms with Gasteiger partial charge < -0.3 is 15.2 Å². The molecule has 0 aliphatic rings. The Balaban J connectivity index is 3.08. The molecule has 0 unspecified atom stereocenters. The van der Waals surface area contributed by atoms with Crippen LogP contribution in [0.25, 0.3) is 0 Å². The Bertz CT molecular complexity index is 434. The third-order valence-electron chi connectivity index (χ3n) is 2.45. The second-order valence-corrected chi connectivity index (χ2v) is 4.46. The standard InChI is InChI=1S/C11H17N3O4/c1-11(2,6-7-15)13-10-8(14(16)17)4-5-9(12-10)18-3/h4-5,15H,6-7H2,1-3H3,(H,12,13). The molecular weight excluding hydrogens is 238 g/mol. The van der Waals surface area contributed by atoms with E-state index in [0.29, 0.717) is 12.3 Å². The number of hydrogen-bond donors (Lipinski definition) is 2. The van der Waals surface area contributed by atoms with Gasteiger partial charge >= 0.3 is 5.69 Å². The lowest BCUT2D eigenvalue weighted by atomic mass is 10.0. The van der Waals surface area contributed by atoms with E-state index in [1.54, 1.807) is 0 Å². The molecule has 0 radical (unpaired) electrons. The highest BCUT2D eigenvalue weighted by Gasteiger charge is 2.24. The van der Waals surface area contributed by atoms with E-state index in [4.69, 9.17) is 9.84 Å². The Labute approximate surface area is 105 Å². The molecule has 1 rings (SSSR count). The van der Waals surface area contributed by atoms with Crippen molar-refractivity contribution in [1.82, 2.24) is 4.98 Å². The van der Waals surface area contributed by atoms with E-state index < -0.39 is 10.5 Å². The minimum atomic E-state index is -0.510. The Morgan fingerprint density at radius 1 is 1.56 bits per heavy atom. The van der Waals surface area contributed by atoms with E-state index in [9.17, 15) is 10.1 Å². The maximum atomic E-state index is 10.9. The molecular formula is C11H17N3O4. The molecule has 1 aromatic heterocycles. The van der Waals surface area contributed by atoms with Crippen LogP contribution in [0.2, 0.25) is 0 Å². The summed E-state index contributed by atoms with van der Waals surface area (Å²) in [5.74, 6) is 0.431. The van der Waals surface area contributed by atoms with Crippen molar-refractivity contribution in [2.24, 2.45) is 0 Å². The summed E-state index contributed by atoms with van der Waals surface area (Å²) < 4.78 is 4.94. The second-order valence-electron chi connectivity index (χ2n) is 4.46. The third kappa shape index (κ3) is 3.56. The van der Waals surface area contributed by atoms with Crippen LogP contribution in [0.1, 0.15) is 20.3 Å². The average Bonchev–Trinajstić information content (AvgIpc) is 2.27. The van der Waals surface area contributed by atoms with Gasteiger partial charge in [-0.2, -0.15) is 4.98 Å². The number of aliphatic hydroxyl groups excluding tert-OH is 1. The van der Waals surface area contributed by atoms with Crippen LogP contribution in [-0.2, 0) is 0 Å². The molecule has 7 heteroatoms. The summed E-state index contributed by atoms with van der Waals surface area (Å²) in [6.07, 6.45) is 0.447. The second kappa shape index (κ2) is 5.63. The van der Waals surface area contributed by atoms with E-state index in [2.05, 4.69) is 10.3 Å². The molecule has 0 saturated heterocycles. The molecule has 0 aliphatic carbocycles. The molecule has 7 nitrogen and oxygen atoms in total. The Morgan fingerprint density at radius 3 is 2.72 bits per heavy atom. The van der Waals surface area contributed by atoms with Gasteiger partial charge in [-0.25, -0.2) is 0 Å². The fraction of sp³-hybridized carbons (Fsp3) is 0.545. The molecule has 0 amide bonds. The van der Waals surface area contributed by atoms with Crippen molar-refractivity contribution in [2.45, 2.75) is 25.8 Å².